The molecule has 0 atom stereocenters. The molecule has 0 spiro atoms. The highest BCUT2D eigenvalue weighted by atomic mass is 79.9. The first-order valence-corrected chi connectivity index (χ1v) is 7.66. The molecule has 0 N–H and O–H groups in total. The zero-order valence-electron chi connectivity index (χ0n) is 9.45. The molecule has 0 unspecified atom stereocenters. The Morgan fingerprint density at radius 2 is 1.67 bits per heavy atom. The minimum Gasteiger partial charge on any atom is -0.219 e. The molecule has 2 nitrogen and oxygen atoms in total. The summed E-state index contributed by atoms with van der Waals surface area (Å²) in [6.45, 7) is 0. The molecule has 0 heterocycles. The van der Waals surface area contributed by atoms with Gasteiger partial charge in [-0.1, -0.05) is 52.3 Å². The highest BCUT2D eigenvalue weighted by Crippen LogP contribution is 2.18. The molecule has 0 radical (unpaired) electrons. The second-order valence-electron chi connectivity index (χ2n) is 3.72. The van der Waals surface area contributed by atoms with E-state index in [-0.39, 0.29) is 4.90 Å². The van der Waals surface area contributed by atoms with Gasteiger partial charge in [-0.2, -0.15) is 0 Å². The third kappa shape index (κ3) is 3.31. The summed E-state index contributed by atoms with van der Waals surface area (Å²) in [5.74, 6) is 0. The van der Waals surface area contributed by atoms with Crippen LogP contribution < -0.4 is 0 Å². The highest BCUT2D eigenvalue weighted by Gasteiger charge is 2.09. The average Bonchev–Trinajstić information content (AvgIpc) is 2.38. The van der Waals surface area contributed by atoms with Crippen molar-refractivity contribution in [3.8, 4) is 0 Å². The van der Waals surface area contributed by atoms with Gasteiger partial charge in [-0.15, -0.1) is 0 Å². The third-order valence-corrected chi connectivity index (χ3v) is 4.26. The zero-order valence-corrected chi connectivity index (χ0v) is 11.9. The van der Waals surface area contributed by atoms with Gasteiger partial charge in [0.1, 0.15) is 0 Å². The first-order valence-electron chi connectivity index (χ1n) is 5.32. The predicted octanol–water partition coefficient (Wildman–Crippen LogP) is 3.89. The van der Waals surface area contributed by atoms with Crippen molar-refractivity contribution in [2.75, 3.05) is 0 Å². The molecule has 0 saturated carbocycles. The van der Waals surface area contributed by atoms with Crippen LogP contribution in [-0.4, -0.2) is 8.42 Å². The standard InChI is InChI=1S/C14H11BrO2S/c15-13-7-4-8-14(11-13)18(16,17)10-9-12-5-2-1-3-6-12/h1-11H. The fourth-order valence-corrected chi connectivity index (χ4v) is 3.06. The van der Waals surface area contributed by atoms with Crippen molar-refractivity contribution in [2.24, 2.45) is 0 Å². The minimum absolute atomic E-state index is 0.282. The lowest BCUT2D eigenvalue weighted by molar-refractivity contribution is 0.605. The van der Waals surface area contributed by atoms with Crippen LogP contribution in [0.4, 0.5) is 0 Å². The summed E-state index contributed by atoms with van der Waals surface area (Å²) in [6, 6.07) is 16.0. The predicted molar refractivity (Wildman–Crippen MR) is 76.8 cm³/mol. The summed E-state index contributed by atoms with van der Waals surface area (Å²) < 4.78 is 24.8. The summed E-state index contributed by atoms with van der Waals surface area (Å²) in [6.07, 6.45) is 1.59. The molecule has 2 aromatic rings. The first kappa shape index (κ1) is 13.1. The zero-order chi connectivity index (χ0) is 13.0. The van der Waals surface area contributed by atoms with E-state index in [0.717, 1.165) is 10.0 Å². The normalized spacial score (nSPS) is 11.8. The van der Waals surface area contributed by atoms with E-state index in [4.69, 9.17) is 0 Å². The molecule has 2 aromatic carbocycles. The molecule has 0 aliphatic carbocycles. The number of sulfone groups is 1. The molecule has 0 aliphatic heterocycles. The fraction of sp³-hybridized carbons (Fsp3) is 0. The van der Waals surface area contributed by atoms with Gasteiger partial charge < -0.3 is 0 Å². The van der Waals surface area contributed by atoms with Crippen LogP contribution in [0.15, 0.2) is 69.4 Å². The summed E-state index contributed by atoms with van der Waals surface area (Å²) in [5, 5.41) is 1.23. The molecular weight excluding hydrogens is 312 g/mol. The van der Waals surface area contributed by atoms with Crippen LogP contribution in [0.2, 0.25) is 0 Å². The molecule has 0 amide bonds. The van der Waals surface area contributed by atoms with Crippen LogP contribution in [0.1, 0.15) is 5.56 Å². The Morgan fingerprint density at radius 3 is 2.33 bits per heavy atom. The van der Waals surface area contributed by atoms with E-state index in [1.165, 1.54) is 5.41 Å². The average molecular weight is 323 g/mol. The SMILES string of the molecule is O=S(=O)(C=Cc1ccccc1)c1cccc(Br)c1. The van der Waals surface area contributed by atoms with E-state index < -0.39 is 9.84 Å². The van der Waals surface area contributed by atoms with E-state index in [9.17, 15) is 8.42 Å². The van der Waals surface area contributed by atoms with Crippen molar-refractivity contribution in [1.29, 1.82) is 0 Å². The number of hydrogen-bond acceptors (Lipinski definition) is 2. The molecule has 0 saturated heterocycles. The topological polar surface area (TPSA) is 34.1 Å². The van der Waals surface area contributed by atoms with Crippen molar-refractivity contribution < 1.29 is 8.42 Å². The molecule has 0 fully saturated rings. The van der Waals surface area contributed by atoms with Crippen molar-refractivity contribution in [3.63, 3.8) is 0 Å². The van der Waals surface area contributed by atoms with Gasteiger partial charge in [-0.25, -0.2) is 8.42 Å². The van der Waals surface area contributed by atoms with Crippen molar-refractivity contribution in [3.05, 3.63) is 70.0 Å². The van der Waals surface area contributed by atoms with Gasteiger partial charge in [0.15, 0.2) is 9.84 Å². The van der Waals surface area contributed by atoms with Crippen LogP contribution in [0.3, 0.4) is 0 Å². The van der Waals surface area contributed by atoms with Crippen LogP contribution in [0, 0.1) is 0 Å². The Kier molecular flexibility index (Phi) is 3.99. The van der Waals surface area contributed by atoms with Gasteiger partial charge in [0.05, 0.1) is 4.90 Å². The summed E-state index contributed by atoms with van der Waals surface area (Å²) >= 11 is 3.26. The number of halogens is 1. The minimum atomic E-state index is -3.39. The molecule has 0 bridgehead atoms. The first-order chi connectivity index (χ1) is 8.58. The van der Waals surface area contributed by atoms with E-state index in [1.807, 2.05) is 30.3 Å². The number of benzene rings is 2. The second-order valence-corrected chi connectivity index (χ2v) is 6.47. The Bertz CT molecular complexity index is 661. The quantitative estimate of drug-likeness (QED) is 0.859. The molecule has 2 rings (SSSR count). The third-order valence-electron chi connectivity index (χ3n) is 2.36. The van der Waals surface area contributed by atoms with Crippen LogP contribution >= 0.6 is 15.9 Å². The number of hydrogen-bond donors (Lipinski definition) is 0. The van der Waals surface area contributed by atoms with Crippen LogP contribution in [0.5, 0.6) is 0 Å². The molecule has 0 aromatic heterocycles. The largest absolute Gasteiger partial charge is 0.219 e. The maximum Gasteiger partial charge on any atom is 0.199 e. The van der Waals surface area contributed by atoms with Gasteiger partial charge in [-0.05, 0) is 29.8 Å². The molecule has 18 heavy (non-hydrogen) atoms. The lowest BCUT2D eigenvalue weighted by Crippen LogP contribution is -1.95. The van der Waals surface area contributed by atoms with Gasteiger partial charge in [0.2, 0.25) is 0 Å². The van der Waals surface area contributed by atoms with Crippen LogP contribution in [-0.2, 0) is 9.84 Å². The smallest absolute Gasteiger partial charge is 0.199 e. The monoisotopic (exact) mass is 322 g/mol. The van der Waals surface area contributed by atoms with E-state index in [1.54, 1.807) is 30.3 Å². The van der Waals surface area contributed by atoms with E-state index in [0.29, 0.717) is 0 Å². The Morgan fingerprint density at radius 1 is 0.944 bits per heavy atom. The Hall–Kier alpha value is -1.39. The summed E-state index contributed by atoms with van der Waals surface area (Å²) in [5.41, 5.74) is 0.857. The lowest BCUT2D eigenvalue weighted by atomic mass is 10.2. The van der Waals surface area contributed by atoms with E-state index in [2.05, 4.69) is 15.9 Å². The van der Waals surface area contributed by atoms with Gasteiger partial charge in [0.25, 0.3) is 0 Å². The van der Waals surface area contributed by atoms with Crippen molar-refractivity contribution in [2.45, 2.75) is 4.90 Å². The second kappa shape index (κ2) is 5.50. The fourth-order valence-electron chi connectivity index (χ4n) is 1.45. The van der Waals surface area contributed by atoms with E-state index >= 15 is 0 Å². The van der Waals surface area contributed by atoms with Crippen molar-refractivity contribution >= 4 is 31.8 Å². The highest BCUT2D eigenvalue weighted by molar-refractivity contribution is 9.10. The molecule has 0 aliphatic rings. The van der Waals surface area contributed by atoms with Crippen molar-refractivity contribution in [1.82, 2.24) is 0 Å². The Labute approximate surface area is 115 Å². The lowest BCUT2D eigenvalue weighted by Gasteiger charge is -1.99. The number of rotatable bonds is 3. The maximum absolute atomic E-state index is 12.1. The molecule has 92 valence electrons. The van der Waals surface area contributed by atoms with Crippen LogP contribution in [0.25, 0.3) is 6.08 Å². The maximum atomic E-state index is 12.1. The van der Waals surface area contributed by atoms with Gasteiger partial charge >= 0.3 is 0 Å². The summed E-state index contributed by atoms with van der Waals surface area (Å²) in [4.78, 5) is 0.282. The molecule has 4 heteroatoms. The van der Waals surface area contributed by atoms with Gasteiger partial charge in [-0.3, -0.25) is 0 Å². The summed E-state index contributed by atoms with van der Waals surface area (Å²) in [7, 11) is -3.39. The molecular formula is C14H11BrO2S. The van der Waals surface area contributed by atoms with Gasteiger partial charge in [0, 0.05) is 9.88 Å². The Balaban J connectivity index is 2.31.